The number of ether oxygens (including phenoxy) is 1. The van der Waals surface area contributed by atoms with E-state index in [1.165, 1.54) is 5.56 Å². The van der Waals surface area contributed by atoms with E-state index in [0.717, 1.165) is 35.9 Å². The molecular weight excluding hydrogens is 412 g/mol. The van der Waals surface area contributed by atoms with Crippen molar-refractivity contribution in [1.29, 1.82) is 0 Å². The number of carbonyl (C=O) groups excluding carboxylic acids is 1. The van der Waals surface area contributed by atoms with Crippen molar-refractivity contribution in [3.8, 4) is 17.2 Å². The van der Waals surface area contributed by atoms with E-state index in [1.807, 2.05) is 42.5 Å². The van der Waals surface area contributed by atoms with E-state index in [9.17, 15) is 4.79 Å². The summed E-state index contributed by atoms with van der Waals surface area (Å²) in [7, 11) is 0. The third-order valence-corrected chi connectivity index (χ3v) is 5.85. The van der Waals surface area contributed by atoms with Crippen LogP contribution in [0.15, 0.2) is 71.1 Å². The molecule has 0 aliphatic rings. The maximum absolute atomic E-state index is 12.7. The zero-order valence-electron chi connectivity index (χ0n) is 19.4. The van der Waals surface area contributed by atoms with E-state index in [1.54, 1.807) is 12.1 Å². The first kappa shape index (κ1) is 22.6. The number of nitrogens with zero attached hydrogens (tertiary/aromatic N) is 1. The first-order chi connectivity index (χ1) is 16.1. The molecule has 0 unspecified atom stereocenters. The summed E-state index contributed by atoms with van der Waals surface area (Å²) in [4.78, 5) is 17.4. The summed E-state index contributed by atoms with van der Waals surface area (Å²) in [5.41, 5.74) is 5.03. The predicted octanol–water partition coefficient (Wildman–Crippen LogP) is 7.44. The van der Waals surface area contributed by atoms with Crippen LogP contribution in [-0.2, 0) is 0 Å². The number of oxazole rings is 1. The summed E-state index contributed by atoms with van der Waals surface area (Å²) < 4.78 is 11.7. The average Bonchev–Trinajstić information content (AvgIpc) is 3.28. The quantitative estimate of drug-likeness (QED) is 0.274. The number of amides is 1. The molecule has 4 aromatic rings. The van der Waals surface area contributed by atoms with E-state index < -0.39 is 0 Å². The van der Waals surface area contributed by atoms with Crippen LogP contribution >= 0.6 is 0 Å². The highest BCUT2D eigenvalue weighted by atomic mass is 16.5. The lowest BCUT2D eigenvalue weighted by atomic mass is 9.98. The number of benzene rings is 3. The van der Waals surface area contributed by atoms with Gasteiger partial charge in [0.25, 0.3) is 5.91 Å². The van der Waals surface area contributed by atoms with E-state index >= 15 is 0 Å². The van der Waals surface area contributed by atoms with E-state index in [4.69, 9.17) is 9.15 Å². The summed E-state index contributed by atoms with van der Waals surface area (Å²) in [6, 6.07) is 21.0. The van der Waals surface area contributed by atoms with Gasteiger partial charge < -0.3 is 14.5 Å². The molecule has 1 N–H and O–H groups in total. The molecule has 5 heteroatoms. The Morgan fingerprint density at radius 2 is 1.88 bits per heavy atom. The van der Waals surface area contributed by atoms with Crippen molar-refractivity contribution < 1.29 is 13.9 Å². The predicted molar refractivity (Wildman–Crippen MR) is 133 cm³/mol. The highest BCUT2D eigenvalue weighted by Crippen LogP contribution is 2.28. The maximum atomic E-state index is 12.7. The number of anilines is 1. The SMILES string of the molecule is CCCCOc1cccc(C(=O)Nc2ccc(-c3nc4cc([C@H](C)CC)ccc4o3)cc2)c1. The van der Waals surface area contributed by atoms with Crippen LogP contribution in [0.4, 0.5) is 5.69 Å². The van der Waals surface area contributed by atoms with Crippen molar-refractivity contribution in [3.05, 3.63) is 77.9 Å². The second-order valence-corrected chi connectivity index (χ2v) is 8.32. The minimum Gasteiger partial charge on any atom is -0.494 e. The standard InChI is InChI=1S/C28H30N2O3/c1-4-6-16-32-24-9-7-8-22(17-24)27(31)29-23-13-10-20(11-14-23)28-30-25-18-21(19(3)5-2)12-15-26(25)33-28/h7-15,17-19H,4-6,16H2,1-3H3,(H,29,31)/t19-/m1/s1. The van der Waals surface area contributed by atoms with Gasteiger partial charge in [-0.05, 0) is 78.9 Å². The van der Waals surface area contributed by atoms with Gasteiger partial charge in [0.2, 0.25) is 5.89 Å². The lowest BCUT2D eigenvalue weighted by Crippen LogP contribution is -2.12. The van der Waals surface area contributed by atoms with Crippen LogP contribution in [0.2, 0.25) is 0 Å². The van der Waals surface area contributed by atoms with Crippen LogP contribution in [0.25, 0.3) is 22.6 Å². The number of carbonyl (C=O) groups is 1. The Labute approximate surface area is 194 Å². The molecule has 1 atom stereocenters. The van der Waals surface area contributed by atoms with Crippen LogP contribution in [0, 0.1) is 0 Å². The van der Waals surface area contributed by atoms with Gasteiger partial charge in [0.05, 0.1) is 6.61 Å². The molecule has 1 amide bonds. The number of aromatic nitrogens is 1. The van der Waals surface area contributed by atoms with Gasteiger partial charge in [0.15, 0.2) is 5.58 Å². The number of hydrogen-bond donors (Lipinski definition) is 1. The molecule has 0 bridgehead atoms. The summed E-state index contributed by atoms with van der Waals surface area (Å²) in [6.07, 6.45) is 3.14. The molecular formula is C28H30N2O3. The fourth-order valence-electron chi connectivity index (χ4n) is 3.57. The van der Waals surface area contributed by atoms with Crippen molar-refractivity contribution >= 4 is 22.7 Å². The molecule has 1 aromatic heterocycles. The van der Waals surface area contributed by atoms with Gasteiger partial charge in [0.1, 0.15) is 11.3 Å². The fourth-order valence-corrected chi connectivity index (χ4v) is 3.57. The van der Waals surface area contributed by atoms with E-state index in [-0.39, 0.29) is 5.91 Å². The van der Waals surface area contributed by atoms with Gasteiger partial charge in [-0.15, -0.1) is 0 Å². The molecule has 4 rings (SSSR count). The molecule has 0 aliphatic carbocycles. The Morgan fingerprint density at radius 1 is 1.06 bits per heavy atom. The lowest BCUT2D eigenvalue weighted by molar-refractivity contribution is 0.102. The highest BCUT2D eigenvalue weighted by molar-refractivity contribution is 6.04. The second-order valence-electron chi connectivity index (χ2n) is 8.32. The van der Waals surface area contributed by atoms with Gasteiger partial charge in [-0.1, -0.05) is 39.3 Å². The Hall–Kier alpha value is -3.60. The first-order valence-corrected chi connectivity index (χ1v) is 11.6. The van der Waals surface area contributed by atoms with Gasteiger partial charge in [-0.25, -0.2) is 4.98 Å². The van der Waals surface area contributed by atoms with Gasteiger partial charge in [-0.2, -0.15) is 0 Å². The monoisotopic (exact) mass is 442 g/mol. The van der Waals surface area contributed by atoms with Gasteiger partial charge >= 0.3 is 0 Å². The Kier molecular flexibility index (Phi) is 7.08. The van der Waals surface area contributed by atoms with Gasteiger partial charge in [0, 0.05) is 16.8 Å². The zero-order chi connectivity index (χ0) is 23.2. The third kappa shape index (κ3) is 5.43. The van der Waals surface area contributed by atoms with Gasteiger partial charge in [-0.3, -0.25) is 4.79 Å². The van der Waals surface area contributed by atoms with Crippen molar-refractivity contribution in [2.24, 2.45) is 0 Å². The number of unbranched alkanes of at least 4 members (excludes halogenated alkanes) is 1. The molecule has 3 aromatic carbocycles. The summed E-state index contributed by atoms with van der Waals surface area (Å²) >= 11 is 0. The molecule has 1 heterocycles. The summed E-state index contributed by atoms with van der Waals surface area (Å²) in [5.74, 6) is 1.59. The fraction of sp³-hybridized carbons (Fsp3) is 0.286. The van der Waals surface area contributed by atoms with Crippen LogP contribution in [-0.4, -0.2) is 17.5 Å². The van der Waals surface area contributed by atoms with Crippen molar-refractivity contribution in [1.82, 2.24) is 4.98 Å². The van der Waals surface area contributed by atoms with Crippen molar-refractivity contribution in [3.63, 3.8) is 0 Å². The highest BCUT2D eigenvalue weighted by Gasteiger charge is 2.12. The molecule has 0 spiro atoms. The number of hydrogen-bond acceptors (Lipinski definition) is 4. The number of fused-ring (bicyclic) bond motifs is 1. The van der Waals surface area contributed by atoms with Crippen LogP contribution in [0.5, 0.6) is 5.75 Å². The number of rotatable bonds is 9. The minimum atomic E-state index is -0.178. The Bertz CT molecular complexity index is 1230. The molecule has 170 valence electrons. The lowest BCUT2D eigenvalue weighted by Gasteiger charge is -2.09. The topological polar surface area (TPSA) is 64.4 Å². The van der Waals surface area contributed by atoms with Crippen LogP contribution in [0.1, 0.15) is 61.9 Å². The van der Waals surface area contributed by atoms with Crippen molar-refractivity contribution in [2.45, 2.75) is 46.0 Å². The first-order valence-electron chi connectivity index (χ1n) is 11.6. The second kappa shape index (κ2) is 10.3. The largest absolute Gasteiger partial charge is 0.494 e. The maximum Gasteiger partial charge on any atom is 0.255 e. The van der Waals surface area contributed by atoms with Crippen molar-refractivity contribution in [2.75, 3.05) is 11.9 Å². The zero-order valence-corrected chi connectivity index (χ0v) is 19.4. The van der Waals surface area contributed by atoms with E-state index in [2.05, 4.69) is 43.2 Å². The third-order valence-electron chi connectivity index (χ3n) is 5.85. The minimum absolute atomic E-state index is 0.178. The van der Waals surface area contributed by atoms with Crippen LogP contribution in [0.3, 0.4) is 0 Å². The summed E-state index contributed by atoms with van der Waals surface area (Å²) in [5, 5.41) is 2.94. The average molecular weight is 443 g/mol. The Morgan fingerprint density at radius 3 is 2.64 bits per heavy atom. The normalized spacial score (nSPS) is 12.0. The van der Waals surface area contributed by atoms with E-state index in [0.29, 0.717) is 35.4 Å². The smallest absolute Gasteiger partial charge is 0.255 e. The molecule has 0 aliphatic heterocycles. The molecule has 0 saturated carbocycles. The number of nitrogens with one attached hydrogen (secondary N) is 1. The molecule has 33 heavy (non-hydrogen) atoms. The summed E-state index contributed by atoms with van der Waals surface area (Å²) in [6.45, 7) is 7.16. The Balaban J connectivity index is 1.45. The molecule has 0 saturated heterocycles. The molecule has 0 radical (unpaired) electrons. The molecule has 0 fully saturated rings. The molecule has 5 nitrogen and oxygen atoms in total. The van der Waals surface area contributed by atoms with Crippen LogP contribution < -0.4 is 10.1 Å².